The molecule has 5 heteroatoms. The van der Waals surface area contributed by atoms with Crippen LogP contribution in [0.3, 0.4) is 0 Å². The predicted molar refractivity (Wildman–Crippen MR) is 66.9 cm³/mol. The Kier molecular flexibility index (Phi) is 3.98. The van der Waals surface area contributed by atoms with Crippen LogP contribution in [0.4, 0.5) is 8.78 Å². The zero-order valence-corrected chi connectivity index (χ0v) is 10.4. The van der Waals surface area contributed by atoms with Gasteiger partial charge < -0.3 is 4.74 Å². The van der Waals surface area contributed by atoms with Crippen LogP contribution in [-0.4, -0.2) is 0 Å². The lowest BCUT2D eigenvalue weighted by Crippen LogP contribution is -2.00. The van der Waals surface area contributed by atoms with Crippen molar-refractivity contribution in [3.05, 3.63) is 64.2 Å². The highest BCUT2D eigenvalue weighted by Gasteiger charge is 2.10. The Morgan fingerprint density at radius 3 is 2.74 bits per heavy atom. The van der Waals surface area contributed by atoms with Gasteiger partial charge >= 0.3 is 0 Å². The summed E-state index contributed by atoms with van der Waals surface area (Å²) in [5.41, 5.74) is 0.241. The van der Waals surface area contributed by atoms with Crippen molar-refractivity contribution in [1.29, 1.82) is 5.26 Å². The fourth-order valence-electron chi connectivity index (χ4n) is 1.54. The topological polar surface area (TPSA) is 33.0 Å². The van der Waals surface area contributed by atoms with Crippen molar-refractivity contribution in [3.8, 4) is 11.8 Å². The Balaban J connectivity index is 2.22. The van der Waals surface area contributed by atoms with Crippen LogP contribution in [0, 0.1) is 23.0 Å². The third-order valence-corrected chi connectivity index (χ3v) is 2.85. The molecule has 0 aromatic heterocycles. The molecular weight excluding hydrogens is 272 g/mol. The number of ether oxygens (including phenoxy) is 1. The van der Waals surface area contributed by atoms with Crippen LogP contribution in [0.1, 0.15) is 11.1 Å². The van der Waals surface area contributed by atoms with E-state index in [1.165, 1.54) is 36.4 Å². The first-order valence-corrected chi connectivity index (χ1v) is 5.75. The van der Waals surface area contributed by atoms with Crippen molar-refractivity contribution in [3.63, 3.8) is 0 Å². The number of hydrogen-bond acceptors (Lipinski definition) is 2. The molecule has 0 aliphatic heterocycles. The molecule has 0 saturated heterocycles. The molecule has 2 rings (SSSR count). The monoisotopic (exact) mass is 279 g/mol. The second-order valence-electron chi connectivity index (χ2n) is 3.75. The zero-order valence-electron chi connectivity index (χ0n) is 9.66. The molecule has 0 fully saturated rings. The fourth-order valence-corrected chi connectivity index (χ4v) is 1.71. The van der Waals surface area contributed by atoms with E-state index in [1.54, 1.807) is 6.07 Å². The van der Waals surface area contributed by atoms with Gasteiger partial charge in [-0.3, -0.25) is 0 Å². The summed E-state index contributed by atoms with van der Waals surface area (Å²) in [6.07, 6.45) is 0. The summed E-state index contributed by atoms with van der Waals surface area (Å²) >= 11 is 5.88. The molecule has 96 valence electrons. The minimum Gasteiger partial charge on any atom is -0.487 e. The minimum atomic E-state index is -0.662. The Morgan fingerprint density at radius 2 is 2.00 bits per heavy atom. The van der Waals surface area contributed by atoms with Crippen LogP contribution in [0.2, 0.25) is 5.02 Å². The van der Waals surface area contributed by atoms with Crippen LogP contribution < -0.4 is 4.74 Å². The summed E-state index contributed by atoms with van der Waals surface area (Å²) in [5.74, 6) is -1.00. The first-order chi connectivity index (χ1) is 9.11. The molecule has 0 unspecified atom stereocenters. The molecule has 0 aliphatic rings. The number of nitriles is 1. The molecule has 0 spiro atoms. The van der Waals surface area contributed by atoms with Gasteiger partial charge in [0.15, 0.2) is 0 Å². The van der Waals surface area contributed by atoms with Gasteiger partial charge in [-0.1, -0.05) is 17.7 Å². The van der Waals surface area contributed by atoms with Crippen LogP contribution in [0.15, 0.2) is 36.4 Å². The zero-order chi connectivity index (χ0) is 13.8. The van der Waals surface area contributed by atoms with E-state index >= 15 is 0 Å². The average molecular weight is 280 g/mol. The van der Waals surface area contributed by atoms with Gasteiger partial charge in [0.2, 0.25) is 0 Å². The quantitative estimate of drug-likeness (QED) is 0.848. The molecule has 0 saturated carbocycles. The summed E-state index contributed by atoms with van der Waals surface area (Å²) in [4.78, 5) is 0. The van der Waals surface area contributed by atoms with Crippen molar-refractivity contribution < 1.29 is 13.5 Å². The van der Waals surface area contributed by atoms with Crippen LogP contribution in [0.5, 0.6) is 5.75 Å². The molecular formula is C14H8ClF2NO. The highest BCUT2D eigenvalue weighted by Crippen LogP contribution is 2.23. The maximum atomic E-state index is 13.3. The molecule has 19 heavy (non-hydrogen) atoms. The Bertz CT molecular complexity index is 652. The van der Waals surface area contributed by atoms with Crippen molar-refractivity contribution in [1.82, 2.24) is 0 Å². The standard InChI is InChI=1S/C14H8ClF2NO/c15-12-5-4-10(16)6-9(12)8-19-14-3-1-2-13(17)11(14)7-18/h1-6H,8H2. The van der Waals surface area contributed by atoms with Gasteiger partial charge in [-0.05, 0) is 30.3 Å². The Hall–Kier alpha value is -2.12. The maximum Gasteiger partial charge on any atom is 0.144 e. The normalized spacial score (nSPS) is 10.0. The van der Waals surface area contributed by atoms with Crippen LogP contribution in [0.25, 0.3) is 0 Å². The number of nitrogens with zero attached hydrogens (tertiary/aromatic N) is 1. The lowest BCUT2D eigenvalue weighted by Gasteiger charge is -2.09. The lowest BCUT2D eigenvalue weighted by atomic mass is 10.2. The number of halogens is 3. The highest BCUT2D eigenvalue weighted by atomic mass is 35.5. The second kappa shape index (κ2) is 5.68. The van der Waals surface area contributed by atoms with Gasteiger partial charge in [0, 0.05) is 10.6 Å². The van der Waals surface area contributed by atoms with Crippen molar-refractivity contribution in [2.45, 2.75) is 6.61 Å². The molecule has 2 aromatic rings. The lowest BCUT2D eigenvalue weighted by molar-refractivity contribution is 0.303. The van der Waals surface area contributed by atoms with E-state index in [4.69, 9.17) is 21.6 Å². The largest absolute Gasteiger partial charge is 0.487 e. The number of benzene rings is 2. The average Bonchev–Trinajstić information content (AvgIpc) is 2.40. The minimum absolute atomic E-state index is 0.0469. The summed E-state index contributed by atoms with van der Waals surface area (Å²) < 4.78 is 31.7. The predicted octanol–water partition coefficient (Wildman–Crippen LogP) is 4.07. The SMILES string of the molecule is N#Cc1c(F)cccc1OCc1cc(F)ccc1Cl. The second-order valence-corrected chi connectivity index (χ2v) is 4.16. The molecule has 2 aromatic carbocycles. The van der Waals surface area contributed by atoms with E-state index in [9.17, 15) is 8.78 Å². The molecule has 0 amide bonds. The van der Waals surface area contributed by atoms with E-state index in [0.29, 0.717) is 10.6 Å². The van der Waals surface area contributed by atoms with E-state index in [0.717, 1.165) is 0 Å². The van der Waals surface area contributed by atoms with Crippen LogP contribution in [-0.2, 0) is 6.61 Å². The molecule has 0 heterocycles. The summed E-state index contributed by atoms with van der Waals surface area (Å²) in [6, 6.07) is 9.65. The first-order valence-electron chi connectivity index (χ1n) is 5.37. The van der Waals surface area contributed by atoms with E-state index in [-0.39, 0.29) is 17.9 Å². The van der Waals surface area contributed by atoms with Crippen molar-refractivity contribution >= 4 is 11.6 Å². The Labute approximate surface area is 113 Å². The van der Waals surface area contributed by atoms with Gasteiger partial charge in [0.1, 0.15) is 35.6 Å². The van der Waals surface area contributed by atoms with E-state index in [2.05, 4.69) is 0 Å². The molecule has 0 N–H and O–H groups in total. The van der Waals surface area contributed by atoms with Crippen LogP contribution >= 0.6 is 11.6 Å². The van der Waals surface area contributed by atoms with Gasteiger partial charge in [0.05, 0.1) is 0 Å². The molecule has 0 atom stereocenters. The van der Waals surface area contributed by atoms with Gasteiger partial charge in [0.25, 0.3) is 0 Å². The third-order valence-electron chi connectivity index (χ3n) is 2.48. The van der Waals surface area contributed by atoms with Gasteiger partial charge in [-0.2, -0.15) is 5.26 Å². The van der Waals surface area contributed by atoms with Gasteiger partial charge in [-0.25, -0.2) is 8.78 Å². The molecule has 0 radical (unpaired) electrons. The molecule has 0 aliphatic carbocycles. The first kappa shape index (κ1) is 13.3. The summed E-state index contributed by atoms with van der Waals surface area (Å²) in [5, 5.41) is 9.18. The highest BCUT2D eigenvalue weighted by molar-refractivity contribution is 6.31. The van der Waals surface area contributed by atoms with Crippen molar-refractivity contribution in [2.75, 3.05) is 0 Å². The Morgan fingerprint density at radius 1 is 1.21 bits per heavy atom. The number of hydrogen-bond donors (Lipinski definition) is 0. The fraction of sp³-hybridized carbons (Fsp3) is 0.0714. The van der Waals surface area contributed by atoms with Gasteiger partial charge in [-0.15, -0.1) is 0 Å². The molecule has 2 nitrogen and oxygen atoms in total. The molecule has 0 bridgehead atoms. The smallest absolute Gasteiger partial charge is 0.144 e. The van der Waals surface area contributed by atoms with E-state index < -0.39 is 11.6 Å². The number of rotatable bonds is 3. The van der Waals surface area contributed by atoms with E-state index in [1.807, 2.05) is 0 Å². The maximum absolute atomic E-state index is 13.3. The summed E-state index contributed by atoms with van der Waals surface area (Å²) in [7, 11) is 0. The summed E-state index contributed by atoms with van der Waals surface area (Å²) in [6.45, 7) is -0.0469. The third kappa shape index (κ3) is 3.01. The van der Waals surface area contributed by atoms with Crippen molar-refractivity contribution in [2.24, 2.45) is 0 Å².